The van der Waals surface area contributed by atoms with Crippen molar-refractivity contribution in [3.8, 4) is 6.01 Å². The molecule has 0 radical (unpaired) electrons. The van der Waals surface area contributed by atoms with Gasteiger partial charge in [-0.15, -0.1) is 24.8 Å². The van der Waals surface area contributed by atoms with Crippen molar-refractivity contribution in [1.82, 2.24) is 29.3 Å². The van der Waals surface area contributed by atoms with Crippen molar-refractivity contribution in [2.75, 3.05) is 45.1 Å². The summed E-state index contributed by atoms with van der Waals surface area (Å²) < 4.78 is 7.28. The lowest BCUT2D eigenvalue weighted by Gasteiger charge is -2.40. The maximum absolute atomic E-state index is 12.5. The number of hydrogen-bond acceptors (Lipinski definition) is 7. The van der Waals surface area contributed by atoms with Crippen LogP contribution in [0.4, 0.5) is 5.82 Å². The van der Waals surface area contributed by atoms with E-state index in [1.807, 2.05) is 0 Å². The highest BCUT2D eigenvalue weighted by Gasteiger charge is 2.25. The molecule has 0 amide bonds. The number of H-pyrrole nitrogens is 1. The van der Waals surface area contributed by atoms with E-state index >= 15 is 0 Å². The van der Waals surface area contributed by atoms with Gasteiger partial charge in [-0.25, -0.2) is 4.79 Å². The molecular formula is C21H37Cl2N7O2. The number of nitrogens with two attached hydrogens (primary N) is 1. The number of halogens is 2. The first-order valence-corrected chi connectivity index (χ1v) is 11.5. The average molecular weight is 490 g/mol. The predicted octanol–water partition coefficient (Wildman–Crippen LogP) is 2.67. The van der Waals surface area contributed by atoms with Crippen LogP contribution in [0.15, 0.2) is 4.79 Å². The van der Waals surface area contributed by atoms with Crippen LogP contribution in [0.25, 0.3) is 11.2 Å². The maximum atomic E-state index is 12.5. The third-order valence-corrected chi connectivity index (χ3v) is 6.50. The lowest BCUT2D eigenvalue weighted by Crippen LogP contribution is -2.51. The highest BCUT2D eigenvalue weighted by Crippen LogP contribution is 2.23. The second-order valence-corrected chi connectivity index (χ2v) is 8.54. The lowest BCUT2D eigenvalue weighted by molar-refractivity contribution is 0.0773. The minimum Gasteiger partial charge on any atom is -0.463 e. The van der Waals surface area contributed by atoms with E-state index in [9.17, 15) is 4.79 Å². The molecule has 0 unspecified atom stereocenters. The predicted molar refractivity (Wildman–Crippen MR) is 132 cm³/mol. The summed E-state index contributed by atoms with van der Waals surface area (Å²) in [6, 6.07) is 1.02. The smallest absolute Gasteiger partial charge is 0.327 e. The molecule has 1 saturated carbocycles. The number of imidazole rings is 1. The number of hydrogen-bond donors (Lipinski definition) is 2. The number of aromatic nitrogens is 4. The highest BCUT2D eigenvalue weighted by atomic mass is 35.5. The Kier molecular flexibility index (Phi) is 10.5. The van der Waals surface area contributed by atoms with Crippen LogP contribution in [0.1, 0.15) is 51.9 Å². The molecule has 3 heterocycles. The van der Waals surface area contributed by atoms with Gasteiger partial charge < -0.3 is 15.5 Å². The Balaban J connectivity index is 0.00000181. The Labute approximate surface area is 201 Å². The zero-order chi connectivity index (χ0) is 20.9. The first kappa shape index (κ1) is 26.7. The minimum absolute atomic E-state index is 0. The summed E-state index contributed by atoms with van der Waals surface area (Å²) >= 11 is 0. The van der Waals surface area contributed by atoms with Gasteiger partial charge in [0.15, 0.2) is 11.5 Å². The Hall–Kier alpha value is -1.55. The molecular weight excluding hydrogens is 453 g/mol. The van der Waals surface area contributed by atoms with Gasteiger partial charge in [0.2, 0.25) is 0 Å². The molecule has 0 aromatic carbocycles. The van der Waals surface area contributed by atoms with Crippen molar-refractivity contribution < 1.29 is 4.74 Å². The first-order chi connectivity index (χ1) is 14.7. The topological polar surface area (TPSA) is 105 Å². The van der Waals surface area contributed by atoms with Crippen LogP contribution in [-0.4, -0.2) is 74.7 Å². The minimum atomic E-state index is -0.197. The van der Waals surface area contributed by atoms with Crippen LogP contribution in [0.3, 0.4) is 0 Å². The molecule has 1 aliphatic carbocycles. The highest BCUT2D eigenvalue weighted by molar-refractivity contribution is 5.85. The molecule has 11 heteroatoms. The van der Waals surface area contributed by atoms with E-state index in [1.54, 1.807) is 4.57 Å². The number of fused-ring (bicyclic) bond motifs is 1. The molecule has 2 fully saturated rings. The summed E-state index contributed by atoms with van der Waals surface area (Å²) in [7, 11) is 0. The molecule has 182 valence electrons. The zero-order valence-corrected chi connectivity index (χ0v) is 20.6. The first-order valence-electron chi connectivity index (χ1n) is 11.5. The van der Waals surface area contributed by atoms with Gasteiger partial charge in [-0.05, 0) is 19.3 Å². The van der Waals surface area contributed by atoms with Crippen LogP contribution in [0.5, 0.6) is 6.01 Å². The maximum Gasteiger partial charge on any atom is 0.327 e. The van der Waals surface area contributed by atoms with Gasteiger partial charge >= 0.3 is 11.7 Å². The zero-order valence-electron chi connectivity index (χ0n) is 18.9. The molecule has 1 aliphatic heterocycles. The molecule has 32 heavy (non-hydrogen) atoms. The van der Waals surface area contributed by atoms with Crippen molar-refractivity contribution in [3.63, 3.8) is 0 Å². The molecule has 1 saturated heterocycles. The number of piperazine rings is 1. The molecule has 9 nitrogen and oxygen atoms in total. The van der Waals surface area contributed by atoms with E-state index < -0.39 is 0 Å². The van der Waals surface area contributed by atoms with Gasteiger partial charge in [0, 0.05) is 45.3 Å². The summed E-state index contributed by atoms with van der Waals surface area (Å²) in [5.41, 5.74) is 6.86. The van der Waals surface area contributed by atoms with E-state index in [0.717, 1.165) is 51.6 Å². The number of nitrogens with zero attached hydrogens (tertiary/aromatic N) is 5. The van der Waals surface area contributed by atoms with E-state index in [4.69, 9.17) is 10.5 Å². The lowest BCUT2D eigenvalue weighted by atomic mass is 9.94. The molecule has 0 spiro atoms. The quantitative estimate of drug-likeness (QED) is 0.548. The van der Waals surface area contributed by atoms with E-state index in [0.29, 0.717) is 24.3 Å². The summed E-state index contributed by atoms with van der Waals surface area (Å²) in [5, 5.41) is 0. The Morgan fingerprint density at radius 1 is 1.06 bits per heavy atom. The third-order valence-electron chi connectivity index (χ3n) is 6.50. The molecule has 4 rings (SSSR count). The van der Waals surface area contributed by atoms with Crippen LogP contribution in [0, 0.1) is 0 Å². The van der Waals surface area contributed by atoms with E-state index in [-0.39, 0.29) is 42.3 Å². The average Bonchev–Trinajstić information content (AvgIpc) is 3.09. The fourth-order valence-corrected chi connectivity index (χ4v) is 4.65. The van der Waals surface area contributed by atoms with Gasteiger partial charge in [0.1, 0.15) is 5.52 Å². The Bertz CT molecular complexity index is 890. The fraction of sp³-hybridized carbons (Fsp3) is 0.762. The van der Waals surface area contributed by atoms with Gasteiger partial charge in [-0.3, -0.25) is 14.4 Å². The van der Waals surface area contributed by atoms with E-state index in [2.05, 4.69) is 31.7 Å². The summed E-state index contributed by atoms with van der Waals surface area (Å²) in [5.74, 6) is 0.253. The number of ether oxygens (including phenoxy) is 1. The van der Waals surface area contributed by atoms with Crippen molar-refractivity contribution in [3.05, 3.63) is 10.5 Å². The number of anilines is 1. The van der Waals surface area contributed by atoms with Crippen LogP contribution >= 0.6 is 24.8 Å². The second-order valence-electron chi connectivity index (χ2n) is 8.54. The van der Waals surface area contributed by atoms with Gasteiger partial charge in [0.25, 0.3) is 0 Å². The number of nitrogens with one attached hydrogen (secondary N) is 1. The Morgan fingerprint density at radius 2 is 1.78 bits per heavy atom. The number of nitrogen functional groups attached to an aromatic ring is 1. The van der Waals surface area contributed by atoms with Gasteiger partial charge in [-0.2, -0.15) is 9.97 Å². The standard InChI is InChI=1S/C21H35N7O2.2ClH/c1-2-3-15-30-20-24-18(22)17-19(25-20)28(21(29)23-17)14-11-26-9-12-27(13-10-26)16-7-5-4-6-8-16;;/h16H,2-15H2,1H3,(H,23,29)(H2,22,24,25);2*1H. The van der Waals surface area contributed by atoms with Crippen LogP contribution < -0.4 is 16.2 Å². The third kappa shape index (κ3) is 6.27. The molecule has 2 aromatic heterocycles. The summed E-state index contributed by atoms with van der Waals surface area (Å²) in [4.78, 5) is 29.1. The number of aromatic amines is 1. The molecule has 2 aromatic rings. The van der Waals surface area contributed by atoms with E-state index in [1.165, 1.54) is 32.1 Å². The van der Waals surface area contributed by atoms with Crippen molar-refractivity contribution in [2.24, 2.45) is 0 Å². The number of unbranched alkanes of at least 4 members (excludes halogenated alkanes) is 1. The molecule has 0 bridgehead atoms. The SMILES string of the molecule is CCCCOc1nc(N)c2[nH]c(=O)n(CCN3CCN(C4CCCCC4)CC3)c2n1.Cl.Cl. The molecule has 0 atom stereocenters. The monoisotopic (exact) mass is 489 g/mol. The van der Waals surface area contributed by atoms with Gasteiger partial charge in [0.05, 0.1) is 6.61 Å². The largest absolute Gasteiger partial charge is 0.463 e. The van der Waals surface area contributed by atoms with Gasteiger partial charge in [-0.1, -0.05) is 32.6 Å². The number of rotatable bonds is 8. The normalized spacial score (nSPS) is 18.3. The van der Waals surface area contributed by atoms with Crippen molar-refractivity contribution in [1.29, 1.82) is 0 Å². The molecule has 3 N–H and O–H groups in total. The second kappa shape index (κ2) is 12.6. The van der Waals surface area contributed by atoms with Crippen molar-refractivity contribution >= 4 is 41.8 Å². The fourth-order valence-electron chi connectivity index (χ4n) is 4.65. The summed E-state index contributed by atoms with van der Waals surface area (Å²) in [6.45, 7) is 8.39. The van der Waals surface area contributed by atoms with Crippen molar-refractivity contribution in [2.45, 2.75) is 64.5 Å². The van der Waals surface area contributed by atoms with Crippen LogP contribution in [0.2, 0.25) is 0 Å². The molecule has 2 aliphatic rings. The summed E-state index contributed by atoms with van der Waals surface area (Å²) in [6.07, 6.45) is 8.82. The Morgan fingerprint density at radius 3 is 2.47 bits per heavy atom. The van der Waals surface area contributed by atoms with Crippen LogP contribution in [-0.2, 0) is 6.54 Å².